The van der Waals surface area contributed by atoms with Crippen LogP contribution in [0.4, 0.5) is 5.69 Å². The molecule has 182 valence electrons. The van der Waals surface area contributed by atoms with E-state index in [0.29, 0.717) is 12.2 Å². The van der Waals surface area contributed by atoms with Crippen LogP contribution in [0, 0.1) is 0 Å². The van der Waals surface area contributed by atoms with E-state index in [0.717, 1.165) is 35.0 Å². The first-order valence-electron chi connectivity index (χ1n) is 11.2. The van der Waals surface area contributed by atoms with E-state index in [9.17, 15) is 9.59 Å². The monoisotopic (exact) mass is 687 g/mol. The molecule has 1 aromatic carbocycles. The molecule has 0 aliphatic carbocycles. The van der Waals surface area contributed by atoms with Gasteiger partial charge in [-0.15, -0.1) is 0 Å². The minimum atomic E-state index is -0.342. The average Bonchev–Trinajstić information content (AvgIpc) is 2.79. The van der Waals surface area contributed by atoms with E-state index in [-0.39, 0.29) is 71.2 Å². The van der Waals surface area contributed by atoms with Crippen LogP contribution in [-0.4, -0.2) is 54.5 Å². The predicted octanol–water partition coefficient (Wildman–Crippen LogP) is -3.32. The van der Waals surface area contributed by atoms with Gasteiger partial charge in [-0.1, -0.05) is 6.07 Å². The topological polar surface area (TPSA) is 75.0 Å². The van der Waals surface area contributed by atoms with Crippen LogP contribution in [0.5, 0.6) is 0 Å². The standard InChI is InChI=1S/C25H29N5O2.2HI/c1-29-14-7-8-19-18-20(11-12-23(19)29)27-25(32)22-10-6-9-21(28-22)24(31)26-13-17-30(2)15-4-3-5-16-30;;/h6-12,14,18H,3-5,13,15-17H2,1-2H3;2*1H. The van der Waals surface area contributed by atoms with Crippen LogP contribution >= 0.6 is 0 Å². The third-order valence-electron chi connectivity index (χ3n) is 6.30. The van der Waals surface area contributed by atoms with E-state index >= 15 is 0 Å². The number of hydrogen-bond acceptors (Lipinski definition) is 3. The highest BCUT2D eigenvalue weighted by molar-refractivity contribution is 6.04. The smallest absolute Gasteiger partial charge is 0.274 e. The van der Waals surface area contributed by atoms with Crippen LogP contribution in [-0.2, 0) is 7.05 Å². The van der Waals surface area contributed by atoms with Gasteiger partial charge in [-0.2, -0.15) is 0 Å². The molecule has 2 amide bonds. The number of anilines is 1. The lowest BCUT2D eigenvalue weighted by Crippen LogP contribution is -3.00. The van der Waals surface area contributed by atoms with Gasteiger partial charge in [0.15, 0.2) is 6.20 Å². The second kappa shape index (κ2) is 12.7. The zero-order valence-corrected chi connectivity index (χ0v) is 23.9. The molecule has 2 N–H and O–H groups in total. The molecule has 1 aliphatic heterocycles. The summed E-state index contributed by atoms with van der Waals surface area (Å²) in [4.78, 5) is 29.6. The second-order valence-electron chi connectivity index (χ2n) is 8.86. The molecule has 0 spiro atoms. The largest absolute Gasteiger partial charge is 1.00 e. The van der Waals surface area contributed by atoms with Crippen molar-refractivity contribution in [1.29, 1.82) is 0 Å². The Labute approximate surface area is 235 Å². The fourth-order valence-electron chi connectivity index (χ4n) is 4.35. The number of hydrogen-bond donors (Lipinski definition) is 2. The Morgan fingerprint density at radius 2 is 1.68 bits per heavy atom. The number of rotatable bonds is 6. The van der Waals surface area contributed by atoms with Crippen molar-refractivity contribution in [3.8, 4) is 0 Å². The highest BCUT2D eigenvalue weighted by Crippen LogP contribution is 2.17. The van der Waals surface area contributed by atoms with Crippen LogP contribution in [0.1, 0.15) is 40.2 Å². The Morgan fingerprint density at radius 3 is 2.41 bits per heavy atom. The van der Waals surface area contributed by atoms with Crippen LogP contribution in [0.15, 0.2) is 54.7 Å². The Kier molecular flexibility index (Phi) is 10.6. The van der Waals surface area contributed by atoms with E-state index in [1.54, 1.807) is 18.2 Å². The molecule has 3 heterocycles. The quantitative estimate of drug-likeness (QED) is 0.162. The number of carbonyl (C=O) groups is 2. The molecule has 2 aromatic heterocycles. The highest BCUT2D eigenvalue weighted by atomic mass is 127. The second-order valence-corrected chi connectivity index (χ2v) is 8.86. The summed E-state index contributed by atoms with van der Waals surface area (Å²) in [6, 6.07) is 14.7. The van der Waals surface area contributed by atoms with E-state index in [1.807, 2.05) is 48.1 Å². The lowest BCUT2D eigenvalue weighted by molar-refractivity contribution is -0.912. The molecule has 4 rings (SSSR count). The minimum Gasteiger partial charge on any atom is -1.00 e. The summed E-state index contributed by atoms with van der Waals surface area (Å²) in [7, 11) is 4.23. The third kappa shape index (κ3) is 7.08. The van der Waals surface area contributed by atoms with E-state index in [2.05, 4.69) is 22.7 Å². The van der Waals surface area contributed by atoms with Gasteiger partial charge in [-0.25, -0.2) is 9.55 Å². The summed E-state index contributed by atoms with van der Waals surface area (Å²) in [5.41, 5.74) is 2.22. The number of likely N-dealkylation sites (tertiary alicyclic amines) is 1. The number of aryl methyl sites for hydroxylation is 1. The number of nitrogens with zero attached hydrogens (tertiary/aromatic N) is 3. The summed E-state index contributed by atoms with van der Waals surface area (Å²) < 4.78 is 3.03. The van der Waals surface area contributed by atoms with Gasteiger partial charge >= 0.3 is 0 Å². The number of benzene rings is 1. The predicted molar refractivity (Wildman–Crippen MR) is 124 cm³/mol. The number of quaternary nitrogens is 1. The highest BCUT2D eigenvalue weighted by Gasteiger charge is 2.24. The van der Waals surface area contributed by atoms with Gasteiger partial charge in [0.1, 0.15) is 18.4 Å². The average molecular weight is 687 g/mol. The Morgan fingerprint density at radius 1 is 0.971 bits per heavy atom. The van der Waals surface area contributed by atoms with Crippen molar-refractivity contribution in [3.63, 3.8) is 0 Å². The number of halogens is 2. The van der Waals surface area contributed by atoms with E-state index in [1.165, 1.54) is 19.3 Å². The number of piperidine rings is 1. The lowest BCUT2D eigenvalue weighted by Gasteiger charge is -2.37. The maximum Gasteiger partial charge on any atom is 0.274 e. The Balaban J connectivity index is 0.00000204. The number of aromatic nitrogens is 2. The number of nitrogens with one attached hydrogen (secondary N) is 2. The molecule has 34 heavy (non-hydrogen) atoms. The number of amides is 2. The van der Waals surface area contributed by atoms with Gasteiger partial charge in [-0.05, 0) is 49.6 Å². The molecule has 0 saturated carbocycles. The summed E-state index contributed by atoms with van der Waals surface area (Å²) in [5, 5.41) is 6.87. The first kappa shape index (κ1) is 28.4. The molecule has 9 heteroatoms. The van der Waals surface area contributed by atoms with Gasteiger partial charge in [0.2, 0.25) is 5.52 Å². The molecule has 1 aliphatic rings. The molecule has 1 fully saturated rings. The van der Waals surface area contributed by atoms with Crippen molar-refractivity contribution in [1.82, 2.24) is 10.3 Å². The summed E-state index contributed by atoms with van der Waals surface area (Å²) in [5.74, 6) is -0.591. The molecular formula is C25H31I2N5O2. The number of fused-ring (bicyclic) bond motifs is 1. The molecule has 0 bridgehead atoms. The van der Waals surface area contributed by atoms with Crippen molar-refractivity contribution in [3.05, 3.63) is 66.1 Å². The summed E-state index contributed by atoms with van der Waals surface area (Å²) in [6.45, 7) is 3.83. The molecule has 0 radical (unpaired) electrons. The van der Waals surface area contributed by atoms with Crippen molar-refractivity contribution in [2.24, 2.45) is 7.05 Å². The zero-order valence-electron chi connectivity index (χ0n) is 19.6. The van der Waals surface area contributed by atoms with Crippen LogP contribution in [0.2, 0.25) is 0 Å². The molecule has 3 aromatic rings. The lowest BCUT2D eigenvalue weighted by atomic mass is 10.1. The van der Waals surface area contributed by atoms with Crippen LogP contribution < -0.4 is 63.2 Å². The number of likely N-dealkylation sites (N-methyl/N-ethyl adjacent to an activating group) is 1. The van der Waals surface area contributed by atoms with Gasteiger partial charge in [0.25, 0.3) is 11.8 Å². The number of pyridine rings is 2. The summed E-state index contributed by atoms with van der Waals surface area (Å²) >= 11 is 0. The first-order valence-corrected chi connectivity index (χ1v) is 11.2. The summed E-state index contributed by atoms with van der Waals surface area (Å²) in [6.07, 6.45) is 5.78. The number of carbonyl (C=O) groups excluding carboxylic acids is 2. The van der Waals surface area contributed by atoms with E-state index < -0.39 is 0 Å². The molecular weight excluding hydrogens is 656 g/mol. The maximum atomic E-state index is 12.7. The van der Waals surface area contributed by atoms with Crippen molar-refractivity contribution in [2.45, 2.75) is 19.3 Å². The third-order valence-corrected chi connectivity index (χ3v) is 6.30. The van der Waals surface area contributed by atoms with E-state index in [4.69, 9.17) is 0 Å². The van der Waals surface area contributed by atoms with Crippen LogP contribution in [0.3, 0.4) is 0 Å². The van der Waals surface area contributed by atoms with Gasteiger partial charge < -0.3 is 63.1 Å². The molecule has 0 unspecified atom stereocenters. The molecule has 1 saturated heterocycles. The van der Waals surface area contributed by atoms with Gasteiger partial charge in [0, 0.05) is 23.2 Å². The van der Waals surface area contributed by atoms with Crippen molar-refractivity contribution < 1.29 is 66.6 Å². The van der Waals surface area contributed by atoms with Crippen molar-refractivity contribution in [2.75, 3.05) is 38.5 Å². The first-order chi connectivity index (χ1) is 15.4. The van der Waals surface area contributed by atoms with Crippen molar-refractivity contribution >= 4 is 28.4 Å². The minimum absolute atomic E-state index is 0. The Bertz CT molecular complexity index is 1150. The van der Waals surface area contributed by atoms with Gasteiger partial charge in [-0.3, -0.25) is 9.59 Å². The molecule has 0 atom stereocenters. The fourth-order valence-corrected chi connectivity index (χ4v) is 4.35. The fraction of sp³-hybridized carbons (Fsp3) is 0.360. The maximum absolute atomic E-state index is 12.7. The SMILES string of the molecule is C[n+]1cccc2cc(NC(=O)c3cccc(C(=O)NCC[N+]4(C)CCCCC4)n3)ccc21.[I-].[I-]. The Hall–Kier alpha value is -1.86. The molecule has 7 nitrogen and oxygen atoms in total. The van der Waals surface area contributed by atoms with Gasteiger partial charge in [0.05, 0.1) is 33.2 Å². The van der Waals surface area contributed by atoms with Crippen LogP contribution in [0.25, 0.3) is 10.9 Å². The zero-order chi connectivity index (χ0) is 22.6. The normalized spacial score (nSPS) is 14.4.